The molecule has 0 aliphatic heterocycles. The largest absolute Gasteiger partial charge is 0.488 e. The number of aromatic carboxylic acids is 1. The van der Waals surface area contributed by atoms with Gasteiger partial charge in [-0.15, -0.1) is 0 Å². The molecular formula is C21H25N5O6. The maximum atomic E-state index is 12.6. The number of hydrogen-bond acceptors (Lipinski definition) is 8. The molecule has 1 atom stereocenters. The first-order chi connectivity index (χ1) is 15.3. The zero-order valence-corrected chi connectivity index (χ0v) is 17.9. The highest BCUT2D eigenvalue weighted by atomic mass is 16.5. The van der Waals surface area contributed by atoms with Crippen LogP contribution in [0.4, 0.5) is 0 Å². The fraction of sp³-hybridized carbons (Fsp3) is 0.286. The normalized spacial score (nSPS) is 12.4. The predicted molar refractivity (Wildman–Crippen MR) is 116 cm³/mol. The van der Waals surface area contributed by atoms with Crippen LogP contribution in [0.1, 0.15) is 34.7 Å². The van der Waals surface area contributed by atoms with E-state index in [-0.39, 0.29) is 34.8 Å². The SMILES string of the molecule is CCN/C=C\C(N)=NC(=O)c1cc(Oc2cnc(C(=O)O)cn2)cc(O[C@@H](C)COC)c1. The average molecular weight is 443 g/mol. The third-order valence-electron chi connectivity index (χ3n) is 3.74. The molecule has 0 radical (unpaired) electrons. The molecule has 1 heterocycles. The topological polar surface area (TPSA) is 158 Å². The maximum Gasteiger partial charge on any atom is 0.356 e. The van der Waals surface area contributed by atoms with Gasteiger partial charge in [0.1, 0.15) is 23.4 Å². The summed E-state index contributed by atoms with van der Waals surface area (Å²) in [7, 11) is 1.55. The number of aliphatic imine (C=N–C) groups is 1. The lowest BCUT2D eigenvalue weighted by molar-refractivity contribution is 0.0689. The monoisotopic (exact) mass is 443 g/mol. The van der Waals surface area contributed by atoms with E-state index < -0.39 is 11.9 Å². The van der Waals surface area contributed by atoms with E-state index in [2.05, 4.69) is 20.3 Å². The van der Waals surface area contributed by atoms with E-state index in [9.17, 15) is 9.59 Å². The van der Waals surface area contributed by atoms with Crippen molar-refractivity contribution in [2.45, 2.75) is 20.0 Å². The highest BCUT2D eigenvalue weighted by Crippen LogP contribution is 2.27. The first-order valence-corrected chi connectivity index (χ1v) is 9.64. The fourth-order valence-corrected chi connectivity index (χ4v) is 2.40. The highest BCUT2D eigenvalue weighted by Gasteiger charge is 2.14. The number of carbonyl (C=O) groups excluding carboxylic acids is 1. The van der Waals surface area contributed by atoms with E-state index in [1.54, 1.807) is 26.3 Å². The molecule has 0 fully saturated rings. The molecule has 2 rings (SSSR count). The number of nitrogens with two attached hydrogens (primary N) is 1. The Balaban J connectivity index is 2.32. The van der Waals surface area contributed by atoms with Crippen LogP contribution in [0.25, 0.3) is 0 Å². The summed E-state index contributed by atoms with van der Waals surface area (Å²) in [6.07, 6.45) is 4.98. The van der Waals surface area contributed by atoms with Crippen molar-refractivity contribution in [3.63, 3.8) is 0 Å². The third kappa shape index (κ3) is 7.69. The molecule has 1 aromatic heterocycles. The molecule has 170 valence electrons. The zero-order valence-electron chi connectivity index (χ0n) is 17.9. The van der Waals surface area contributed by atoms with Crippen LogP contribution in [0.15, 0.2) is 47.9 Å². The molecule has 0 unspecified atom stereocenters. The number of benzene rings is 1. The van der Waals surface area contributed by atoms with Gasteiger partial charge in [-0.2, -0.15) is 4.99 Å². The van der Waals surface area contributed by atoms with Crippen molar-refractivity contribution >= 4 is 17.7 Å². The molecular weight excluding hydrogens is 418 g/mol. The van der Waals surface area contributed by atoms with Gasteiger partial charge in [-0.25, -0.2) is 14.8 Å². The Hall–Kier alpha value is -3.99. The molecule has 2 aromatic rings. The van der Waals surface area contributed by atoms with Gasteiger partial charge in [0.2, 0.25) is 5.88 Å². The number of nitrogens with one attached hydrogen (secondary N) is 1. The third-order valence-corrected chi connectivity index (χ3v) is 3.74. The molecule has 0 bridgehead atoms. The van der Waals surface area contributed by atoms with Crippen LogP contribution in [-0.4, -0.2) is 59.2 Å². The molecule has 0 saturated heterocycles. The number of amides is 1. The lowest BCUT2D eigenvalue weighted by atomic mass is 10.2. The van der Waals surface area contributed by atoms with Crippen LogP contribution in [0.3, 0.4) is 0 Å². The summed E-state index contributed by atoms with van der Waals surface area (Å²) in [6.45, 7) is 4.75. The zero-order chi connectivity index (χ0) is 23.5. The van der Waals surface area contributed by atoms with Crippen molar-refractivity contribution < 1.29 is 28.9 Å². The number of carbonyl (C=O) groups is 2. The second-order valence-electron chi connectivity index (χ2n) is 6.46. The van der Waals surface area contributed by atoms with Crippen molar-refractivity contribution in [3.8, 4) is 17.4 Å². The van der Waals surface area contributed by atoms with Crippen LogP contribution in [0.2, 0.25) is 0 Å². The minimum atomic E-state index is -1.21. The van der Waals surface area contributed by atoms with E-state index in [1.165, 1.54) is 18.2 Å². The lowest BCUT2D eigenvalue weighted by Gasteiger charge is -2.15. The Labute approximate surface area is 184 Å². The summed E-state index contributed by atoms with van der Waals surface area (Å²) in [5.41, 5.74) is 5.70. The predicted octanol–water partition coefficient (Wildman–Crippen LogP) is 2.00. The first kappa shape index (κ1) is 24.3. The number of carboxylic acids is 1. The number of carboxylic acid groups (broad SMARTS) is 1. The smallest absolute Gasteiger partial charge is 0.356 e. The Morgan fingerprint density at radius 2 is 2.00 bits per heavy atom. The second-order valence-corrected chi connectivity index (χ2v) is 6.46. The van der Waals surface area contributed by atoms with Gasteiger partial charge in [-0.05, 0) is 32.1 Å². The molecule has 32 heavy (non-hydrogen) atoms. The van der Waals surface area contributed by atoms with Gasteiger partial charge in [-0.3, -0.25) is 4.79 Å². The number of rotatable bonds is 11. The molecule has 1 aromatic carbocycles. The minimum Gasteiger partial charge on any atom is -0.488 e. The van der Waals surface area contributed by atoms with E-state index in [0.717, 1.165) is 12.4 Å². The molecule has 11 heteroatoms. The Bertz CT molecular complexity index is 991. The van der Waals surface area contributed by atoms with Gasteiger partial charge < -0.3 is 30.4 Å². The lowest BCUT2D eigenvalue weighted by Crippen LogP contribution is -2.18. The van der Waals surface area contributed by atoms with Gasteiger partial charge in [0.05, 0.1) is 19.0 Å². The summed E-state index contributed by atoms with van der Waals surface area (Å²) in [5, 5.41) is 11.9. The van der Waals surface area contributed by atoms with E-state index >= 15 is 0 Å². The van der Waals surface area contributed by atoms with Gasteiger partial charge >= 0.3 is 5.97 Å². The molecule has 4 N–H and O–H groups in total. The van der Waals surface area contributed by atoms with Crippen molar-refractivity contribution in [1.82, 2.24) is 15.3 Å². The van der Waals surface area contributed by atoms with Crippen LogP contribution < -0.4 is 20.5 Å². The molecule has 0 saturated carbocycles. The fourth-order valence-electron chi connectivity index (χ4n) is 2.40. The summed E-state index contributed by atoms with van der Waals surface area (Å²) < 4.78 is 16.5. The van der Waals surface area contributed by atoms with Crippen LogP contribution >= 0.6 is 0 Å². The molecule has 1 amide bonds. The van der Waals surface area contributed by atoms with Crippen molar-refractivity contribution in [2.75, 3.05) is 20.3 Å². The van der Waals surface area contributed by atoms with Crippen LogP contribution in [-0.2, 0) is 4.74 Å². The van der Waals surface area contributed by atoms with E-state index in [4.69, 9.17) is 25.1 Å². The second kappa shape index (κ2) is 12.0. The van der Waals surface area contributed by atoms with E-state index in [0.29, 0.717) is 18.9 Å². The Kier molecular flexibility index (Phi) is 9.11. The summed E-state index contributed by atoms with van der Waals surface area (Å²) >= 11 is 0. The molecule has 0 spiro atoms. The van der Waals surface area contributed by atoms with E-state index in [1.807, 2.05) is 6.92 Å². The Morgan fingerprint density at radius 3 is 2.62 bits per heavy atom. The van der Waals surface area contributed by atoms with Crippen molar-refractivity contribution in [3.05, 3.63) is 54.1 Å². The average Bonchev–Trinajstić information content (AvgIpc) is 2.74. The van der Waals surface area contributed by atoms with Gasteiger partial charge in [-0.1, -0.05) is 0 Å². The highest BCUT2D eigenvalue weighted by molar-refractivity contribution is 6.06. The summed E-state index contributed by atoms with van der Waals surface area (Å²) in [6, 6.07) is 4.49. The van der Waals surface area contributed by atoms with Crippen molar-refractivity contribution in [1.29, 1.82) is 0 Å². The Morgan fingerprint density at radius 1 is 1.25 bits per heavy atom. The summed E-state index contributed by atoms with van der Waals surface area (Å²) in [5.74, 6) is -1.21. The number of aromatic nitrogens is 2. The summed E-state index contributed by atoms with van der Waals surface area (Å²) in [4.78, 5) is 35.1. The molecule has 0 aliphatic rings. The van der Waals surface area contributed by atoms with Gasteiger partial charge in [0.15, 0.2) is 5.69 Å². The van der Waals surface area contributed by atoms with Crippen LogP contribution in [0, 0.1) is 0 Å². The number of hydrogen-bond donors (Lipinski definition) is 3. The molecule has 0 aliphatic carbocycles. The molecule has 11 nitrogen and oxygen atoms in total. The van der Waals surface area contributed by atoms with Crippen molar-refractivity contribution in [2.24, 2.45) is 10.7 Å². The van der Waals surface area contributed by atoms with Gasteiger partial charge in [0, 0.05) is 31.5 Å². The van der Waals surface area contributed by atoms with Gasteiger partial charge in [0.25, 0.3) is 5.91 Å². The number of amidine groups is 1. The first-order valence-electron chi connectivity index (χ1n) is 9.64. The number of nitrogens with zero attached hydrogens (tertiary/aromatic N) is 3. The number of ether oxygens (including phenoxy) is 3. The standard InChI is InChI=1S/C21H25N5O6/c1-4-23-6-5-18(22)26-20(27)14-7-15(31-13(2)12-30-3)9-16(8-14)32-19-11-24-17(10-25-19)21(28)29/h5-11,13,23H,4,12H2,1-3H3,(H,28,29)(H2,22,26,27)/b6-5-/t13-/m0/s1. The minimum absolute atomic E-state index is 0.0209. The quantitative estimate of drug-likeness (QED) is 0.346. The maximum absolute atomic E-state index is 12.6. The van der Waals surface area contributed by atoms with Crippen LogP contribution in [0.5, 0.6) is 17.4 Å². The number of methoxy groups -OCH3 is 1.